The molecule has 104 valence electrons. The summed E-state index contributed by atoms with van der Waals surface area (Å²) in [6, 6.07) is 4.76. The molecule has 1 atom stereocenters. The summed E-state index contributed by atoms with van der Waals surface area (Å²) in [6.45, 7) is 3.16. The lowest BCUT2D eigenvalue weighted by molar-refractivity contribution is -0.148. The molecule has 0 radical (unpaired) electrons. The maximum atomic E-state index is 11.6. The van der Waals surface area contributed by atoms with E-state index < -0.39 is 5.97 Å². The van der Waals surface area contributed by atoms with Crippen LogP contribution in [0.4, 0.5) is 0 Å². The Labute approximate surface area is 122 Å². The van der Waals surface area contributed by atoms with E-state index in [1.165, 1.54) is 0 Å². The van der Waals surface area contributed by atoms with E-state index in [1.807, 2.05) is 0 Å². The van der Waals surface area contributed by atoms with Gasteiger partial charge in [0.1, 0.15) is 0 Å². The van der Waals surface area contributed by atoms with Gasteiger partial charge in [-0.3, -0.25) is 9.59 Å². The molecule has 0 spiro atoms. The predicted molar refractivity (Wildman–Crippen MR) is 74.3 cm³/mol. The van der Waals surface area contributed by atoms with Gasteiger partial charge in [0.2, 0.25) is 0 Å². The third-order valence-electron chi connectivity index (χ3n) is 2.46. The number of benzene rings is 1. The first-order valence-electron chi connectivity index (χ1n) is 5.84. The van der Waals surface area contributed by atoms with Gasteiger partial charge in [0.15, 0.2) is 6.61 Å². The van der Waals surface area contributed by atoms with Crippen LogP contribution in [0.3, 0.4) is 0 Å². The normalized spacial score (nSPS) is 11.8. The highest BCUT2D eigenvalue weighted by molar-refractivity contribution is 6.35. The van der Waals surface area contributed by atoms with Gasteiger partial charge in [0, 0.05) is 16.5 Å². The van der Waals surface area contributed by atoms with Gasteiger partial charge in [-0.1, -0.05) is 36.2 Å². The average molecular weight is 304 g/mol. The van der Waals surface area contributed by atoms with Crippen molar-refractivity contribution in [2.75, 3.05) is 6.61 Å². The third-order valence-corrected chi connectivity index (χ3v) is 3.02. The Bertz CT molecular complexity index is 477. The Kier molecular flexibility index (Phi) is 6.12. The molecule has 0 bridgehead atoms. The molecule has 1 amide bonds. The molecular formula is C13H15Cl2NO3. The van der Waals surface area contributed by atoms with Crippen LogP contribution < -0.4 is 5.32 Å². The van der Waals surface area contributed by atoms with Crippen LogP contribution >= 0.6 is 23.2 Å². The van der Waals surface area contributed by atoms with Gasteiger partial charge in [-0.15, -0.1) is 0 Å². The molecule has 0 heterocycles. The second-order valence-corrected chi connectivity index (χ2v) is 4.81. The molecule has 1 rings (SSSR count). The van der Waals surface area contributed by atoms with E-state index in [2.05, 4.69) is 5.32 Å². The Morgan fingerprint density at radius 1 is 1.37 bits per heavy atom. The van der Waals surface area contributed by atoms with Gasteiger partial charge in [0.05, 0.1) is 6.04 Å². The van der Waals surface area contributed by atoms with Crippen LogP contribution in [0.25, 0.3) is 0 Å². The minimum atomic E-state index is -0.410. The van der Waals surface area contributed by atoms with E-state index in [1.54, 1.807) is 32.0 Å². The molecule has 4 nitrogen and oxygen atoms in total. The number of hydrogen-bond donors (Lipinski definition) is 1. The Morgan fingerprint density at radius 3 is 2.63 bits per heavy atom. The summed E-state index contributed by atoms with van der Waals surface area (Å²) >= 11 is 11.8. The van der Waals surface area contributed by atoms with Crippen LogP contribution in [-0.2, 0) is 14.3 Å². The highest BCUT2D eigenvalue weighted by atomic mass is 35.5. The van der Waals surface area contributed by atoms with Crippen LogP contribution in [0.1, 0.15) is 31.9 Å². The maximum Gasteiger partial charge on any atom is 0.306 e. The van der Waals surface area contributed by atoms with Crippen LogP contribution in [0.5, 0.6) is 0 Å². The van der Waals surface area contributed by atoms with Crippen LogP contribution in [-0.4, -0.2) is 18.5 Å². The first kappa shape index (κ1) is 15.8. The molecule has 6 heteroatoms. The summed E-state index contributed by atoms with van der Waals surface area (Å²) in [5.74, 6) is -0.785. The molecule has 0 aromatic heterocycles. The predicted octanol–water partition coefficient (Wildman–Crippen LogP) is 3.12. The van der Waals surface area contributed by atoms with Crippen molar-refractivity contribution in [1.29, 1.82) is 0 Å². The Morgan fingerprint density at radius 2 is 2.05 bits per heavy atom. The largest absolute Gasteiger partial charge is 0.456 e. The fourth-order valence-corrected chi connectivity index (χ4v) is 2.03. The van der Waals surface area contributed by atoms with Gasteiger partial charge in [0.25, 0.3) is 5.91 Å². The summed E-state index contributed by atoms with van der Waals surface area (Å²) in [6.07, 6.45) is 0.242. The molecule has 0 unspecified atom stereocenters. The van der Waals surface area contributed by atoms with Gasteiger partial charge in [-0.25, -0.2) is 0 Å². The zero-order chi connectivity index (χ0) is 14.4. The number of nitrogens with one attached hydrogen (secondary N) is 1. The number of carbonyl (C=O) groups excluding carboxylic acids is 2. The monoisotopic (exact) mass is 303 g/mol. The third kappa shape index (κ3) is 5.09. The van der Waals surface area contributed by atoms with E-state index in [-0.39, 0.29) is 25.0 Å². The summed E-state index contributed by atoms with van der Waals surface area (Å²) < 4.78 is 4.73. The average Bonchev–Trinajstić information content (AvgIpc) is 2.35. The number of esters is 1. The first-order valence-corrected chi connectivity index (χ1v) is 6.59. The number of rotatable bonds is 5. The molecule has 19 heavy (non-hydrogen) atoms. The van der Waals surface area contributed by atoms with Crippen molar-refractivity contribution >= 4 is 35.1 Å². The van der Waals surface area contributed by atoms with E-state index in [0.29, 0.717) is 10.0 Å². The summed E-state index contributed by atoms with van der Waals surface area (Å²) in [4.78, 5) is 22.5. The van der Waals surface area contributed by atoms with Crippen molar-refractivity contribution in [3.05, 3.63) is 33.8 Å². The van der Waals surface area contributed by atoms with Gasteiger partial charge in [-0.05, 0) is 24.6 Å². The van der Waals surface area contributed by atoms with Crippen molar-refractivity contribution in [2.45, 2.75) is 26.3 Å². The quantitative estimate of drug-likeness (QED) is 0.850. The van der Waals surface area contributed by atoms with Crippen LogP contribution in [0.15, 0.2) is 18.2 Å². The van der Waals surface area contributed by atoms with Crippen molar-refractivity contribution in [3.8, 4) is 0 Å². The van der Waals surface area contributed by atoms with Crippen molar-refractivity contribution in [1.82, 2.24) is 5.32 Å². The van der Waals surface area contributed by atoms with Crippen molar-refractivity contribution in [2.24, 2.45) is 0 Å². The summed E-state index contributed by atoms with van der Waals surface area (Å²) in [5.41, 5.74) is 0.751. The molecule has 0 aliphatic heterocycles. The minimum absolute atomic E-state index is 0.242. The highest BCUT2D eigenvalue weighted by Crippen LogP contribution is 2.25. The van der Waals surface area contributed by atoms with Crippen molar-refractivity contribution < 1.29 is 14.3 Å². The van der Waals surface area contributed by atoms with E-state index in [9.17, 15) is 9.59 Å². The minimum Gasteiger partial charge on any atom is -0.456 e. The lowest BCUT2D eigenvalue weighted by atomic mass is 10.1. The van der Waals surface area contributed by atoms with Gasteiger partial charge >= 0.3 is 5.97 Å². The van der Waals surface area contributed by atoms with E-state index in [0.717, 1.165) is 5.56 Å². The van der Waals surface area contributed by atoms with Gasteiger partial charge < -0.3 is 10.1 Å². The number of amides is 1. The Hall–Kier alpha value is -1.26. The van der Waals surface area contributed by atoms with Crippen LogP contribution in [0, 0.1) is 0 Å². The molecule has 1 aromatic rings. The second-order valence-electron chi connectivity index (χ2n) is 3.97. The molecule has 0 fully saturated rings. The smallest absolute Gasteiger partial charge is 0.306 e. The number of hydrogen-bond acceptors (Lipinski definition) is 3. The SMILES string of the molecule is CCC(=O)OCC(=O)N[C@H](C)c1ccc(Cl)cc1Cl. The number of carbonyl (C=O) groups is 2. The zero-order valence-electron chi connectivity index (χ0n) is 10.7. The maximum absolute atomic E-state index is 11.6. The molecule has 0 aliphatic carbocycles. The lowest BCUT2D eigenvalue weighted by Gasteiger charge is -2.16. The fraction of sp³-hybridized carbons (Fsp3) is 0.385. The molecule has 0 saturated heterocycles. The summed E-state index contributed by atoms with van der Waals surface area (Å²) in [7, 11) is 0. The van der Waals surface area contributed by atoms with Gasteiger partial charge in [-0.2, -0.15) is 0 Å². The van der Waals surface area contributed by atoms with E-state index in [4.69, 9.17) is 27.9 Å². The molecular weight excluding hydrogens is 289 g/mol. The second kappa shape index (κ2) is 7.36. The molecule has 0 saturated carbocycles. The first-order chi connectivity index (χ1) is 8.93. The lowest BCUT2D eigenvalue weighted by Crippen LogP contribution is -2.31. The Balaban J connectivity index is 2.56. The standard InChI is InChI=1S/C13H15Cl2NO3/c1-3-13(18)19-7-12(17)16-8(2)10-5-4-9(14)6-11(10)15/h4-6,8H,3,7H2,1-2H3,(H,16,17)/t8-/m1/s1. The molecule has 1 N–H and O–H groups in total. The molecule has 0 aliphatic rings. The van der Waals surface area contributed by atoms with E-state index >= 15 is 0 Å². The zero-order valence-corrected chi connectivity index (χ0v) is 12.2. The van der Waals surface area contributed by atoms with Crippen LogP contribution in [0.2, 0.25) is 10.0 Å². The summed E-state index contributed by atoms with van der Waals surface area (Å²) in [5, 5.41) is 3.70. The molecule has 1 aromatic carbocycles. The number of halogens is 2. The van der Waals surface area contributed by atoms with Crippen molar-refractivity contribution in [3.63, 3.8) is 0 Å². The topological polar surface area (TPSA) is 55.4 Å². The fourth-order valence-electron chi connectivity index (χ4n) is 1.46. The highest BCUT2D eigenvalue weighted by Gasteiger charge is 2.14. The number of ether oxygens (including phenoxy) is 1.